The number of ketones is 1. The van der Waals surface area contributed by atoms with Crippen LogP contribution >= 0.6 is 23.2 Å². The van der Waals surface area contributed by atoms with E-state index in [0.717, 1.165) is 0 Å². The van der Waals surface area contributed by atoms with Crippen molar-refractivity contribution >= 4 is 34.8 Å². The summed E-state index contributed by atoms with van der Waals surface area (Å²) in [4.78, 5) is 42.4. The molecule has 1 aromatic heterocycles. The lowest BCUT2D eigenvalue weighted by Crippen LogP contribution is -2.39. The van der Waals surface area contributed by atoms with Gasteiger partial charge in [0.15, 0.2) is 5.78 Å². The van der Waals surface area contributed by atoms with E-state index in [0.29, 0.717) is 45.5 Å². The minimum Gasteiger partial charge on any atom is -0.344 e. The number of nitrogens with one attached hydrogen (secondary N) is 3. The second kappa shape index (κ2) is 6.11. The first kappa shape index (κ1) is 18.1. The van der Waals surface area contributed by atoms with Crippen LogP contribution in [0.25, 0.3) is 0 Å². The second-order valence-electron chi connectivity index (χ2n) is 7.75. The number of halogens is 2. The molecular weight excluding hydrogens is 389 g/mol. The molecule has 0 fully saturated rings. The number of benzene rings is 1. The number of fused-ring (bicyclic) bond motifs is 1. The quantitative estimate of drug-likeness (QED) is 0.675. The fourth-order valence-corrected chi connectivity index (χ4v) is 4.51. The molecule has 2 heterocycles. The van der Waals surface area contributed by atoms with Gasteiger partial charge in [0.2, 0.25) is 0 Å². The normalized spacial score (nSPS) is 20.7. The Morgan fingerprint density at radius 2 is 1.81 bits per heavy atom. The van der Waals surface area contributed by atoms with Crippen LogP contribution in [-0.4, -0.2) is 15.8 Å². The van der Waals surface area contributed by atoms with Crippen molar-refractivity contribution in [2.45, 2.75) is 32.6 Å². The zero-order chi connectivity index (χ0) is 19.5. The Balaban J connectivity index is 2.04. The number of anilines is 1. The van der Waals surface area contributed by atoms with Gasteiger partial charge in [-0.15, -0.1) is 0 Å². The fourth-order valence-electron chi connectivity index (χ4n) is 3.99. The Labute approximate surface area is 164 Å². The van der Waals surface area contributed by atoms with Crippen molar-refractivity contribution in [1.29, 1.82) is 0 Å². The largest absolute Gasteiger partial charge is 0.344 e. The summed E-state index contributed by atoms with van der Waals surface area (Å²) in [6, 6.07) is 4.96. The minimum atomic E-state index is -0.676. The van der Waals surface area contributed by atoms with Crippen molar-refractivity contribution in [3.63, 3.8) is 0 Å². The van der Waals surface area contributed by atoms with E-state index in [-0.39, 0.29) is 16.8 Å². The molecule has 2 aromatic rings. The molecular formula is C19H17Cl2N3O3. The molecule has 0 spiro atoms. The highest BCUT2D eigenvalue weighted by molar-refractivity contribution is 6.35. The molecule has 1 aliphatic carbocycles. The summed E-state index contributed by atoms with van der Waals surface area (Å²) < 4.78 is 0. The van der Waals surface area contributed by atoms with Crippen LogP contribution < -0.4 is 16.6 Å². The Kier molecular flexibility index (Phi) is 4.09. The molecule has 1 aromatic carbocycles. The maximum atomic E-state index is 13.0. The number of allylic oxidation sites excluding steroid dienone is 2. The third-order valence-corrected chi connectivity index (χ3v) is 5.59. The Bertz CT molecular complexity index is 1130. The van der Waals surface area contributed by atoms with Crippen molar-refractivity contribution in [2.75, 3.05) is 5.32 Å². The summed E-state index contributed by atoms with van der Waals surface area (Å²) in [5, 5.41) is 3.93. The van der Waals surface area contributed by atoms with E-state index in [9.17, 15) is 14.4 Å². The Morgan fingerprint density at radius 3 is 2.52 bits per heavy atom. The molecule has 0 saturated heterocycles. The zero-order valence-corrected chi connectivity index (χ0v) is 16.2. The van der Waals surface area contributed by atoms with Gasteiger partial charge in [-0.1, -0.05) is 43.1 Å². The first-order valence-electron chi connectivity index (χ1n) is 8.51. The average Bonchev–Trinajstić information content (AvgIpc) is 2.51. The fraction of sp³-hybridized carbons (Fsp3) is 0.316. The summed E-state index contributed by atoms with van der Waals surface area (Å²) in [5.41, 5.74) is 0.701. The van der Waals surface area contributed by atoms with Crippen LogP contribution in [0.4, 0.5) is 5.82 Å². The lowest BCUT2D eigenvalue weighted by atomic mass is 9.69. The third kappa shape index (κ3) is 3.03. The van der Waals surface area contributed by atoms with E-state index < -0.39 is 17.2 Å². The minimum absolute atomic E-state index is 0.0407. The van der Waals surface area contributed by atoms with Gasteiger partial charge in [-0.25, -0.2) is 4.79 Å². The predicted octanol–water partition coefficient (Wildman–Crippen LogP) is 3.57. The van der Waals surface area contributed by atoms with Crippen LogP contribution in [0.5, 0.6) is 0 Å². The molecule has 8 heteroatoms. The van der Waals surface area contributed by atoms with E-state index in [2.05, 4.69) is 15.3 Å². The molecule has 3 N–H and O–H groups in total. The van der Waals surface area contributed by atoms with Crippen molar-refractivity contribution in [3.05, 3.63) is 71.5 Å². The smallest absolute Gasteiger partial charge is 0.327 e. The van der Waals surface area contributed by atoms with E-state index in [1.165, 1.54) is 0 Å². The van der Waals surface area contributed by atoms with Crippen LogP contribution in [0.15, 0.2) is 39.1 Å². The zero-order valence-electron chi connectivity index (χ0n) is 14.7. The molecule has 4 rings (SSSR count). The van der Waals surface area contributed by atoms with Crippen molar-refractivity contribution < 1.29 is 4.79 Å². The van der Waals surface area contributed by atoms with Gasteiger partial charge in [-0.05, 0) is 29.5 Å². The van der Waals surface area contributed by atoms with Gasteiger partial charge in [0.25, 0.3) is 5.56 Å². The van der Waals surface area contributed by atoms with E-state index in [4.69, 9.17) is 23.2 Å². The number of H-pyrrole nitrogens is 2. The summed E-state index contributed by atoms with van der Waals surface area (Å²) in [6.07, 6.45) is 0.982. The highest BCUT2D eigenvalue weighted by Crippen LogP contribution is 2.48. The number of carbonyl (C=O) groups excluding carboxylic acids is 1. The van der Waals surface area contributed by atoms with Crippen LogP contribution in [0.2, 0.25) is 10.0 Å². The van der Waals surface area contributed by atoms with E-state index in [1.54, 1.807) is 18.2 Å². The lowest BCUT2D eigenvalue weighted by molar-refractivity contribution is -0.118. The summed E-state index contributed by atoms with van der Waals surface area (Å²) in [5.74, 6) is -0.421. The summed E-state index contributed by atoms with van der Waals surface area (Å²) in [6.45, 7) is 4.02. The first-order valence-corrected chi connectivity index (χ1v) is 9.26. The van der Waals surface area contributed by atoms with Crippen LogP contribution in [0.1, 0.15) is 43.7 Å². The Morgan fingerprint density at radius 1 is 1.07 bits per heavy atom. The molecule has 2 aliphatic rings. The van der Waals surface area contributed by atoms with E-state index in [1.807, 2.05) is 13.8 Å². The number of aromatic amines is 2. The summed E-state index contributed by atoms with van der Waals surface area (Å²) in [7, 11) is 0. The number of hydrogen-bond donors (Lipinski definition) is 3. The maximum Gasteiger partial charge on any atom is 0.327 e. The number of aromatic nitrogens is 2. The maximum absolute atomic E-state index is 13.0. The molecule has 0 saturated carbocycles. The van der Waals surface area contributed by atoms with Crippen molar-refractivity contribution in [2.24, 2.45) is 5.41 Å². The number of Topliss-reactive ketones (excluding diaryl/α,β-unsaturated/α-hetero) is 1. The predicted molar refractivity (Wildman–Crippen MR) is 105 cm³/mol. The van der Waals surface area contributed by atoms with Gasteiger partial charge in [-0.2, -0.15) is 0 Å². The molecule has 27 heavy (non-hydrogen) atoms. The highest BCUT2D eigenvalue weighted by Gasteiger charge is 2.42. The summed E-state index contributed by atoms with van der Waals surface area (Å²) >= 11 is 12.4. The monoisotopic (exact) mass is 405 g/mol. The van der Waals surface area contributed by atoms with Gasteiger partial charge in [0, 0.05) is 33.7 Å². The SMILES string of the molecule is CC1(C)CC(=O)C2=C(C1)Nc1[nH]c(=O)[nH]c(=O)c1[C@@H]2c1ccc(Cl)cc1Cl. The second-order valence-corrected chi connectivity index (χ2v) is 8.60. The highest BCUT2D eigenvalue weighted by atomic mass is 35.5. The average molecular weight is 406 g/mol. The molecule has 0 bridgehead atoms. The van der Waals surface area contributed by atoms with Crippen LogP contribution in [0.3, 0.4) is 0 Å². The van der Waals surface area contributed by atoms with Gasteiger partial charge in [0.05, 0.1) is 5.56 Å². The molecule has 1 aliphatic heterocycles. The van der Waals surface area contributed by atoms with Crippen LogP contribution in [-0.2, 0) is 4.79 Å². The number of carbonyl (C=O) groups is 1. The molecule has 0 radical (unpaired) electrons. The molecule has 0 amide bonds. The van der Waals surface area contributed by atoms with Crippen molar-refractivity contribution in [1.82, 2.24) is 9.97 Å². The molecule has 140 valence electrons. The molecule has 0 unspecified atom stereocenters. The number of hydrogen-bond acceptors (Lipinski definition) is 4. The first-order chi connectivity index (χ1) is 12.7. The topological polar surface area (TPSA) is 94.8 Å². The van der Waals surface area contributed by atoms with Crippen molar-refractivity contribution in [3.8, 4) is 0 Å². The van der Waals surface area contributed by atoms with Gasteiger partial charge >= 0.3 is 5.69 Å². The number of rotatable bonds is 1. The lowest BCUT2D eigenvalue weighted by Gasteiger charge is -2.38. The van der Waals surface area contributed by atoms with Gasteiger partial charge < -0.3 is 5.32 Å². The van der Waals surface area contributed by atoms with Gasteiger partial charge in [0.1, 0.15) is 5.82 Å². The van der Waals surface area contributed by atoms with E-state index >= 15 is 0 Å². The standard InChI is InChI=1S/C19H17Cl2N3O3/c1-19(2)6-11-14(12(25)7-19)13(9-4-3-8(20)5-10(9)21)15-16(22-11)23-18(27)24-17(15)26/h3-5,13H,6-7H2,1-2H3,(H3,22,23,24,26,27)/t13-/m1/s1. The van der Waals surface area contributed by atoms with Crippen LogP contribution in [0, 0.1) is 5.41 Å². The van der Waals surface area contributed by atoms with Gasteiger partial charge in [-0.3, -0.25) is 19.6 Å². The molecule has 6 nitrogen and oxygen atoms in total. The molecule has 1 atom stereocenters. The third-order valence-electron chi connectivity index (χ3n) is 5.03. The Hall–Kier alpha value is -2.31.